The van der Waals surface area contributed by atoms with Gasteiger partial charge in [0.05, 0.1) is 6.04 Å². The molecule has 0 aromatic heterocycles. The van der Waals surface area contributed by atoms with Crippen LogP contribution < -0.4 is 5.73 Å². The maximum absolute atomic E-state index is 13.4. The van der Waals surface area contributed by atoms with Crippen molar-refractivity contribution in [2.24, 2.45) is 5.73 Å². The van der Waals surface area contributed by atoms with Gasteiger partial charge >= 0.3 is 0 Å². The number of rotatable bonds is 4. The molecule has 3 heteroatoms. The van der Waals surface area contributed by atoms with E-state index in [9.17, 15) is 4.39 Å². The van der Waals surface area contributed by atoms with Crippen LogP contribution in [0.2, 0.25) is 0 Å². The molecule has 1 unspecified atom stereocenters. The third-order valence-electron chi connectivity index (χ3n) is 3.09. The first-order chi connectivity index (χ1) is 9.10. The van der Waals surface area contributed by atoms with Gasteiger partial charge in [0.25, 0.3) is 0 Å². The molecule has 1 atom stereocenters. The SMILES string of the molecule is CCCc1cccc(C(N)c2cc(F)cc(Br)c2)c1. The second-order valence-corrected chi connectivity index (χ2v) is 5.59. The standard InChI is InChI=1S/C16H17BrFN/c1-2-4-11-5-3-6-12(7-11)16(19)13-8-14(17)10-15(18)9-13/h3,5-10,16H,2,4,19H2,1H3. The zero-order valence-corrected chi connectivity index (χ0v) is 12.5. The Morgan fingerprint density at radius 2 is 1.95 bits per heavy atom. The van der Waals surface area contributed by atoms with E-state index in [-0.39, 0.29) is 11.9 Å². The van der Waals surface area contributed by atoms with Gasteiger partial charge in [0.1, 0.15) is 5.82 Å². The van der Waals surface area contributed by atoms with Crippen LogP contribution in [0.4, 0.5) is 4.39 Å². The van der Waals surface area contributed by atoms with Crippen LogP contribution in [0.1, 0.15) is 36.1 Å². The van der Waals surface area contributed by atoms with Crippen LogP contribution in [0.25, 0.3) is 0 Å². The summed E-state index contributed by atoms with van der Waals surface area (Å²) in [7, 11) is 0. The first kappa shape index (κ1) is 14.2. The molecule has 2 N–H and O–H groups in total. The lowest BCUT2D eigenvalue weighted by Gasteiger charge is -2.14. The Kier molecular flexibility index (Phi) is 4.72. The van der Waals surface area contributed by atoms with E-state index in [1.54, 1.807) is 0 Å². The molecule has 19 heavy (non-hydrogen) atoms. The fraction of sp³-hybridized carbons (Fsp3) is 0.250. The molecule has 2 aromatic carbocycles. The Hall–Kier alpha value is -1.19. The van der Waals surface area contributed by atoms with Crippen molar-refractivity contribution < 1.29 is 4.39 Å². The molecule has 0 aliphatic rings. The summed E-state index contributed by atoms with van der Waals surface area (Å²) < 4.78 is 14.1. The number of hydrogen-bond acceptors (Lipinski definition) is 1. The lowest BCUT2D eigenvalue weighted by atomic mass is 9.97. The third kappa shape index (κ3) is 3.64. The number of hydrogen-bond donors (Lipinski definition) is 1. The summed E-state index contributed by atoms with van der Waals surface area (Å²) in [6.07, 6.45) is 2.14. The van der Waals surface area contributed by atoms with E-state index in [4.69, 9.17) is 5.73 Å². The molecule has 0 bridgehead atoms. The molecule has 0 amide bonds. The molecule has 100 valence electrons. The first-order valence-electron chi connectivity index (χ1n) is 6.40. The van der Waals surface area contributed by atoms with E-state index in [0.29, 0.717) is 4.47 Å². The van der Waals surface area contributed by atoms with Crippen LogP contribution in [0.5, 0.6) is 0 Å². The van der Waals surface area contributed by atoms with Crippen LogP contribution >= 0.6 is 15.9 Å². The van der Waals surface area contributed by atoms with Crippen molar-refractivity contribution >= 4 is 15.9 Å². The molecular formula is C16H17BrFN. The highest BCUT2D eigenvalue weighted by Gasteiger charge is 2.11. The van der Waals surface area contributed by atoms with E-state index in [1.165, 1.54) is 17.7 Å². The summed E-state index contributed by atoms with van der Waals surface area (Å²) in [5.41, 5.74) is 9.30. The average molecular weight is 322 g/mol. The monoisotopic (exact) mass is 321 g/mol. The minimum Gasteiger partial charge on any atom is -0.320 e. The minimum absolute atomic E-state index is 0.274. The molecule has 0 fully saturated rings. The van der Waals surface area contributed by atoms with Crippen LogP contribution in [-0.2, 0) is 6.42 Å². The molecule has 0 saturated heterocycles. The molecular weight excluding hydrogens is 305 g/mol. The number of halogens is 2. The van der Waals surface area contributed by atoms with Crippen molar-refractivity contribution in [3.8, 4) is 0 Å². The summed E-state index contributed by atoms with van der Waals surface area (Å²) >= 11 is 3.30. The lowest BCUT2D eigenvalue weighted by molar-refractivity contribution is 0.622. The van der Waals surface area contributed by atoms with Crippen molar-refractivity contribution in [3.63, 3.8) is 0 Å². The Bertz CT molecular complexity index is 548. The van der Waals surface area contributed by atoms with Gasteiger partial charge in [-0.25, -0.2) is 4.39 Å². The molecule has 0 aliphatic heterocycles. The average Bonchev–Trinajstić information content (AvgIpc) is 2.37. The topological polar surface area (TPSA) is 26.0 Å². The molecule has 0 aliphatic carbocycles. The number of nitrogens with two attached hydrogens (primary N) is 1. The van der Waals surface area contributed by atoms with Crippen LogP contribution in [-0.4, -0.2) is 0 Å². The minimum atomic E-state index is -0.302. The van der Waals surface area contributed by atoms with E-state index in [2.05, 4.69) is 35.0 Å². The van der Waals surface area contributed by atoms with E-state index >= 15 is 0 Å². The van der Waals surface area contributed by atoms with Gasteiger partial charge in [-0.3, -0.25) is 0 Å². The Morgan fingerprint density at radius 1 is 1.16 bits per heavy atom. The molecule has 0 radical (unpaired) electrons. The largest absolute Gasteiger partial charge is 0.320 e. The van der Waals surface area contributed by atoms with Crippen molar-refractivity contribution in [2.45, 2.75) is 25.8 Å². The second kappa shape index (κ2) is 6.31. The number of aryl methyl sites for hydroxylation is 1. The molecule has 0 spiro atoms. The van der Waals surface area contributed by atoms with Gasteiger partial charge in [-0.15, -0.1) is 0 Å². The third-order valence-corrected chi connectivity index (χ3v) is 3.55. The molecule has 0 saturated carbocycles. The smallest absolute Gasteiger partial charge is 0.124 e. The molecule has 0 heterocycles. The van der Waals surface area contributed by atoms with E-state index < -0.39 is 0 Å². The molecule has 1 nitrogen and oxygen atoms in total. The van der Waals surface area contributed by atoms with Gasteiger partial charge < -0.3 is 5.73 Å². The van der Waals surface area contributed by atoms with Crippen LogP contribution in [0.3, 0.4) is 0 Å². The zero-order chi connectivity index (χ0) is 13.8. The van der Waals surface area contributed by atoms with Gasteiger partial charge in [0.2, 0.25) is 0 Å². The summed E-state index contributed by atoms with van der Waals surface area (Å²) in [6.45, 7) is 2.15. The van der Waals surface area contributed by atoms with Gasteiger partial charge in [-0.1, -0.05) is 53.5 Å². The van der Waals surface area contributed by atoms with Gasteiger partial charge in [-0.05, 0) is 41.3 Å². The van der Waals surface area contributed by atoms with Gasteiger partial charge in [-0.2, -0.15) is 0 Å². The Balaban J connectivity index is 2.32. The maximum Gasteiger partial charge on any atom is 0.124 e. The van der Waals surface area contributed by atoms with E-state index in [1.807, 2.05) is 18.2 Å². The summed E-state index contributed by atoms with van der Waals surface area (Å²) in [5, 5.41) is 0. The zero-order valence-electron chi connectivity index (χ0n) is 10.9. The second-order valence-electron chi connectivity index (χ2n) is 4.68. The van der Waals surface area contributed by atoms with Crippen molar-refractivity contribution in [2.75, 3.05) is 0 Å². The van der Waals surface area contributed by atoms with Crippen molar-refractivity contribution in [3.05, 3.63) is 69.4 Å². The van der Waals surface area contributed by atoms with Gasteiger partial charge in [0.15, 0.2) is 0 Å². The predicted octanol–water partition coefficient (Wildman–Crippen LogP) is 4.59. The Labute approximate surface area is 121 Å². The lowest BCUT2D eigenvalue weighted by Crippen LogP contribution is -2.12. The van der Waals surface area contributed by atoms with Crippen LogP contribution in [0, 0.1) is 5.82 Å². The fourth-order valence-electron chi connectivity index (χ4n) is 2.18. The summed E-state index contributed by atoms with van der Waals surface area (Å²) in [6, 6.07) is 12.7. The summed E-state index contributed by atoms with van der Waals surface area (Å²) in [4.78, 5) is 0. The van der Waals surface area contributed by atoms with Gasteiger partial charge in [0, 0.05) is 4.47 Å². The summed E-state index contributed by atoms with van der Waals surface area (Å²) in [5.74, 6) is -0.274. The normalized spacial score (nSPS) is 12.4. The van der Waals surface area contributed by atoms with Crippen LogP contribution in [0.15, 0.2) is 46.9 Å². The predicted molar refractivity (Wildman–Crippen MR) is 80.6 cm³/mol. The van der Waals surface area contributed by atoms with E-state index in [0.717, 1.165) is 24.0 Å². The highest BCUT2D eigenvalue weighted by atomic mass is 79.9. The highest BCUT2D eigenvalue weighted by Crippen LogP contribution is 2.24. The molecule has 2 rings (SSSR count). The fourth-order valence-corrected chi connectivity index (χ4v) is 2.66. The van der Waals surface area contributed by atoms with Crippen molar-refractivity contribution in [1.82, 2.24) is 0 Å². The maximum atomic E-state index is 13.4. The van der Waals surface area contributed by atoms with Crippen molar-refractivity contribution in [1.29, 1.82) is 0 Å². The Morgan fingerprint density at radius 3 is 2.63 bits per heavy atom. The number of benzene rings is 2. The molecule has 2 aromatic rings. The quantitative estimate of drug-likeness (QED) is 0.875. The highest BCUT2D eigenvalue weighted by molar-refractivity contribution is 9.10. The first-order valence-corrected chi connectivity index (χ1v) is 7.20.